The molecule has 1 aliphatic heterocycles. The number of hydrogen-bond donors (Lipinski definition) is 2. The van der Waals surface area contributed by atoms with Gasteiger partial charge in [-0.05, 0) is 37.8 Å². The number of hydrogen-bond acceptors (Lipinski definition) is 3. The molecular formula is C13H19N3O2. The first-order chi connectivity index (χ1) is 8.81. The van der Waals surface area contributed by atoms with Crippen LogP contribution in [0, 0.1) is 0 Å². The zero-order valence-electron chi connectivity index (χ0n) is 10.4. The Kier molecular flexibility index (Phi) is 4.52. The molecule has 0 saturated carbocycles. The monoisotopic (exact) mass is 249 g/mol. The minimum absolute atomic E-state index is 0.119. The molecule has 0 spiro atoms. The first-order valence-corrected chi connectivity index (χ1v) is 6.41. The van der Waals surface area contributed by atoms with Gasteiger partial charge in [0.25, 0.3) is 0 Å². The van der Waals surface area contributed by atoms with Gasteiger partial charge < -0.3 is 10.0 Å². The van der Waals surface area contributed by atoms with E-state index in [1.54, 1.807) is 12.3 Å². The largest absolute Gasteiger partial charge is 0.396 e. The van der Waals surface area contributed by atoms with Gasteiger partial charge in [-0.15, -0.1) is 0 Å². The molecule has 1 aromatic rings. The van der Waals surface area contributed by atoms with E-state index < -0.39 is 0 Å². The van der Waals surface area contributed by atoms with Crippen molar-refractivity contribution in [3.05, 3.63) is 24.4 Å². The summed E-state index contributed by atoms with van der Waals surface area (Å²) in [6, 6.07) is 5.44. The second kappa shape index (κ2) is 6.35. The maximum absolute atomic E-state index is 12.1. The van der Waals surface area contributed by atoms with Crippen LogP contribution in [0.25, 0.3) is 0 Å². The average molecular weight is 249 g/mol. The molecule has 0 aromatic carbocycles. The maximum Gasteiger partial charge on any atom is 0.323 e. The normalized spacial score (nSPS) is 19.6. The van der Waals surface area contributed by atoms with Gasteiger partial charge in [-0.1, -0.05) is 6.07 Å². The summed E-state index contributed by atoms with van der Waals surface area (Å²) in [5, 5.41) is 11.8. The highest BCUT2D eigenvalue weighted by molar-refractivity contribution is 5.88. The minimum atomic E-state index is -0.119. The van der Waals surface area contributed by atoms with E-state index in [0.29, 0.717) is 12.2 Å². The van der Waals surface area contributed by atoms with Crippen LogP contribution >= 0.6 is 0 Å². The van der Waals surface area contributed by atoms with Crippen LogP contribution in [0.4, 0.5) is 10.6 Å². The Morgan fingerprint density at radius 1 is 1.50 bits per heavy atom. The topological polar surface area (TPSA) is 65.5 Å². The van der Waals surface area contributed by atoms with Gasteiger partial charge in [0.2, 0.25) is 0 Å². The number of pyridine rings is 1. The summed E-state index contributed by atoms with van der Waals surface area (Å²) in [5.41, 5.74) is 0. The van der Waals surface area contributed by atoms with Gasteiger partial charge in [0.05, 0.1) is 0 Å². The lowest BCUT2D eigenvalue weighted by atomic mass is 10.0. The van der Waals surface area contributed by atoms with Crippen LogP contribution in [0.5, 0.6) is 0 Å². The summed E-state index contributed by atoms with van der Waals surface area (Å²) < 4.78 is 0. The summed E-state index contributed by atoms with van der Waals surface area (Å²) in [4.78, 5) is 18.0. The number of aliphatic hydroxyl groups excluding tert-OH is 1. The van der Waals surface area contributed by atoms with Crippen LogP contribution in [0.15, 0.2) is 24.4 Å². The molecule has 1 saturated heterocycles. The van der Waals surface area contributed by atoms with E-state index in [9.17, 15) is 4.79 Å². The third kappa shape index (κ3) is 3.20. The number of aromatic nitrogens is 1. The fourth-order valence-electron chi connectivity index (χ4n) is 2.34. The molecule has 5 nitrogen and oxygen atoms in total. The van der Waals surface area contributed by atoms with Crippen molar-refractivity contribution in [3.8, 4) is 0 Å². The van der Waals surface area contributed by atoms with Crippen molar-refractivity contribution in [3.63, 3.8) is 0 Å². The Hall–Kier alpha value is -1.62. The molecule has 98 valence electrons. The number of anilines is 1. The van der Waals surface area contributed by atoms with E-state index in [-0.39, 0.29) is 18.7 Å². The third-order valence-corrected chi connectivity index (χ3v) is 3.25. The number of carbonyl (C=O) groups is 1. The molecule has 18 heavy (non-hydrogen) atoms. The van der Waals surface area contributed by atoms with Crippen molar-refractivity contribution >= 4 is 11.8 Å². The van der Waals surface area contributed by atoms with Gasteiger partial charge >= 0.3 is 6.03 Å². The standard InChI is InChI=1S/C13H19N3O2/c17-10-7-11-5-2-4-9-16(11)13(18)15-12-6-1-3-8-14-12/h1,3,6,8,11,17H,2,4-5,7,9-10H2,(H,14,15,18). The van der Waals surface area contributed by atoms with Gasteiger partial charge in [-0.3, -0.25) is 5.32 Å². The summed E-state index contributed by atoms with van der Waals surface area (Å²) >= 11 is 0. The average Bonchev–Trinajstić information content (AvgIpc) is 2.41. The van der Waals surface area contributed by atoms with Crippen LogP contribution < -0.4 is 5.32 Å². The molecule has 2 rings (SSSR count). The number of nitrogens with one attached hydrogen (secondary N) is 1. The maximum atomic E-state index is 12.1. The van der Waals surface area contributed by atoms with Gasteiger partial charge in [-0.25, -0.2) is 9.78 Å². The lowest BCUT2D eigenvalue weighted by molar-refractivity contribution is 0.141. The van der Waals surface area contributed by atoms with Gasteiger partial charge in [-0.2, -0.15) is 0 Å². The first-order valence-electron chi connectivity index (χ1n) is 6.41. The van der Waals surface area contributed by atoms with E-state index >= 15 is 0 Å². The molecule has 1 aliphatic rings. The number of nitrogens with zero attached hydrogens (tertiary/aromatic N) is 2. The highest BCUT2D eigenvalue weighted by atomic mass is 16.3. The predicted octanol–water partition coefficient (Wildman–Crippen LogP) is 1.85. The highest BCUT2D eigenvalue weighted by Gasteiger charge is 2.26. The number of likely N-dealkylation sites (tertiary alicyclic amines) is 1. The Labute approximate surface area is 107 Å². The summed E-state index contributed by atoms with van der Waals surface area (Å²) in [5.74, 6) is 0.566. The van der Waals surface area contributed by atoms with Crippen LogP contribution in [0.3, 0.4) is 0 Å². The molecule has 5 heteroatoms. The van der Waals surface area contributed by atoms with E-state index in [0.717, 1.165) is 25.8 Å². The summed E-state index contributed by atoms with van der Waals surface area (Å²) in [7, 11) is 0. The number of piperidine rings is 1. The van der Waals surface area contributed by atoms with Gasteiger partial charge in [0.1, 0.15) is 5.82 Å². The van der Waals surface area contributed by atoms with Crippen LogP contribution in [0.1, 0.15) is 25.7 Å². The minimum Gasteiger partial charge on any atom is -0.396 e. The second-order valence-electron chi connectivity index (χ2n) is 4.50. The molecule has 1 aromatic heterocycles. The van der Waals surface area contributed by atoms with Crippen molar-refractivity contribution in [2.45, 2.75) is 31.7 Å². The lowest BCUT2D eigenvalue weighted by Crippen LogP contribution is -2.46. The van der Waals surface area contributed by atoms with Crippen LogP contribution in [0.2, 0.25) is 0 Å². The van der Waals surface area contributed by atoms with Crippen LogP contribution in [-0.4, -0.2) is 40.2 Å². The zero-order valence-corrected chi connectivity index (χ0v) is 10.4. The number of amides is 2. The number of urea groups is 1. The van der Waals surface area contributed by atoms with Crippen molar-refractivity contribution in [2.24, 2.45) is 0 Å². The van der Waals surface area contributed by atoms with Crippen molar-refractivity contribution in [1.29, 1.82) is 0 Å². The molecule has 1 atom stereocenters. The summed E-state index contributed by atoms with van der Waals surface area (Å²) in [6.45, 7) is 0.876. The zero-order chi connectivity index (χ0) is 12.8. The fraction of sp³-hybridized carbons (Fsp3) is 0.538. The van der Waals surface area contributed by atoms with E-state index in [4.69, 9.17) is 5.11 Å². The lowest BCUT2D eigenvalue weighted by Gasteiger charge is -2.35. The molecule has 2 amide bonds. The van der Waals surface area contributed by atoms with Gasteiger partial charge in [0, 0.05) is 25.4 Å². The smallest absolute Gasteiger partial charge is 0.323 e. The van der Waals surface area contributed by atoms with E-state index in [2.05, 4.69) is 10.3 Å². The summed E-state index contributed by atoms with van der Waals surface area (Å²) in [6.07, 6.45) is 5.42. The molecule has 0 aliphatic carbocycles. The SMILES string of the molecule is O=C(Nc1ccccn1)N1CCCCC1CCO. The number of rotatable bonds is 3. The van der Waals surface area contributed by atoms with Gasteiger partial charge in [0.15, 0.2) is 0 Å². The highest BCUT2D eigenvalue weighted by Crippen LogP contribution is 2.20. The first kappa shape index (κ1) is 12.8. The Bertz CT molecular complexity index is 381. The second-order valence-corrected chi connectivity index (χ2v) is 4.50. The predicted molar refractivity (Wildman–Crippen MR) is 69.3 cm³/mol. The number of aliphatic hydroxyl groups is 1. The molecule has 0 radical (unpaired) electrons. The van der Waals surface area contributed by atoms with Crippen molar-refractivity contribution in [2.75, 3.05) is 18.5 Å². The molecule has 1 unspecified atom stereocenters. The number of carbonyl (C=O) groups excluding carboxylic acids is 1. The quantitative estimate of drug-likeness (QED) is 0.859. The van der Waals surface area contributed by atoms with Crippen molar-refractivity contribution in [1.82, 2.24) is 9.88 Å². The van der Waals surface area contributed by atoms with E-state index in [1.165, 1.54) is 0 Å². The molecule has 1 fully saturated rings. The van der Waals surface area contributed by atoms with Crippen LogP contribution in [-0.2, 0) is 0 Å². The van der Waals surface area contributed by atoms with E-state index in [1.807, 2.05) is 17.0 Å². The Morgan fingerprint density at radius 3 is 3.11 bits per heavy atom. The molecular weight excluding hydrogens is 230 g/mol. The molecule has 2 N–H and O–H groups in total. The Balaban J connectivity index is 1.98. The molecule has 0 bridgehead atoms. The molecule has 2 heterocycles. The Morgan fingerprint density at radius 2 is 2.39 bits per heavy atom. The fourth-order valence-corrected chi connectivity index (χ4v) is 2.34. The van der Waals surface area contributed by atoms with Crippen molar-refractivity contribution < 1.29 is 9.90 Å². The third-order valence-electron chi connectivity index (χ3n) is 3.25.